The van der Waals surface area contributed by atoms with Gasteiger partial charge in [-0.25, -0.2) is 8.78 Å². The van der Waals surface area contributed by atoms with E-state index in [1.807, 2.05) is 0 Å². The first-order valence-corrected chi connectivity index (χ1v) is 6.37. The standard InChI is InChI=1S/C13H9BrClF2N/c14-9-4-5-11(16)12(6-9)18-7-8-2-1-3-10(15)13(8)17/h1-6,18H,7H2. The lowest BCUT2D eigenvalue weighted by molar-refractivity contribution is 0.611. The van der Waals surface area contributed by atoms with Gasteiger partial charge in [0.25, 0.3) is 0 Å². The first kappa shape index (κ1) is 13.3. The largest absolute Gasteiger partial charge is 0.378 e. The molecule has 1 N–H and O–H groups in total. The summed E-state index contributed by atoms with van der Waals surface area (Å²) in [5.74, 6) is -0.872. The van der Waals surface area contributed by atoms with Gasteiger partial charge in [0.2, 0.25) is 0 Å². The SMILES string of the molecule is Fc1ccc(Br)cc1NCc1cccc(Cl)c1F. The van der Waals surface area contributed by atoms with Crippen molar-refractivity contribution in [3.8, 4) is 0 Å². The molecule has 0 radical (unpaired) electrons. The van der Waals surface area contributed by atoms with Gasteiger partial charge in [-0.2, -0.15) is 0 Å². The number of hydrogen-bond donors (Lipinski definition) is 1. The van der Waals surface area contributed by atoms with Crippen LogP contribution in [0.1, 0.15) is 5.56 Å². The summed E-state index contributed by atoms with van der Waals surface area (Å²) in [4.78, 5) is 0. The van der Waals surface area contributed by atoms with Crippen molar-refractivity contribution >= 4 is 33.2 Å². The Morgan fingerprint density at radius 1 is 1.17 bits per heavy atom. The predicted octanol–water partition coefficient (Wildman–Crippen LogP) is 4.99. The molecular formula is C13H9BrClF2N. The lowest BCUT2D eigenvalue weighted by Gasteiger charge is -2.09. The molecule has 0 fully saturated rings. The van der Waals surface area contributed by atoms with Crippen molar-refractivity contribution in [2.75, 3.05) is 5.32 Å². The predicted molar refractivity (Wildman–Crippen MR) is 72.8 cm³/mol. The van der Waals surface area contributed by atoms with Crippen molar-refractivity contribution in [1.29, 1.82) is 0 Å². The van der Waals surface area contributed by atoms with Crippen molar-refractivity contribution in [3.05, 3.63) is 63.1 Å². The van der Waals surface area contributed by atoms with Crippen molar-refractivity contribution in [3.63, 3.8) is 0 Å². The molecule has 0 saturated carbocycles. The van der Waals surface area contributed by atoms with E-state index in [1.54, 1.807) is 24.3 Å². The highest BCUT2D eigenvalue weighted by Gasteiger charge is 2.07. The number of rotatable bonds is 3. The summed E-state index contributed by atoms with van der Waals surface area (Å²) in [5.41, 5.74) is 0.700. The molecule has 0 aliphatic rings. The van der Waals surface area contributed by atoms with Gasteiger partial charge in [-0.1, -0.05) is 39.7 Å². The fraction of sp³-hybridized carbons (Fsp3) is 0.0769. The van der Waals surface area contributed by atoms with Gasteiger partial charge in [0.15, 0.2) is 0 Å². The maximum absolute atomic E-state index is 13.6. The number of nitrogens with one attached hydrogen (secondary N) is 1. The van der Waals surface area contributed by atoms with Gasteiger partial charge in [0.1, 0.15) is 11.6 Å². The lowest BCUT2D eigenvalue weighted by atomic mass is 10.2. The Hall–Kier alpha value is -1.13. The van der Waals surface area contributed by atoms with E-state index >= 15 is 0 Å². The van der Waals surface area contributed by atoms with Gasteiger partial charge in [-0.15, -0.1) is 0 Å². The third-order valence-corrected chi connectivity index (χ3v) is 3.21. The van der Waals surface area contributed by atoms with Crippen LogP contribution < -0.4 is 5.32 Å². The summed E-state index contributed by atoms with van der Waals surface area (Å²) in [7, 11) is 0. The van der Waals surface area contributed by atoms with Crippen LogP contribution in [0.5, 0.6) is 0 Å². The van der Waals surface area contributed by atoms with E-state index in [2.05, 4.69) is 21.2 Å². The molecule has 1 nitrogen and oxygen atoms in total. The van der Waals surface area contributed by atoms with E-state index in [-0.39, 0.29) is 17.4 Å². The van der Waals surface area contributed by atoms with Crippen LogP contribution in [0.3, 0.4) is 0 Å². The second-order valence-electron chi connectivity index (χ2n) is 3.69. The van der Waals surface area contributed by atoms with Crippen LogP contribution in [0, 0.1) is 11.6 Å². The van der Waals surface area contributed by atoms with Crippen LogP contribution in [-0.2, 0) is 6.54 Å². The highest BCUT2D eigenvalue weighted by atomic mass is 79.9. The highest BCUT2D eigenvalue weighted by Crippen LogP contribution is 2.22. The monoisotopic (exact) mass is 331 g/mol. The Bertz CT molecular complexity index is 573. The smallest absolute Gasteiger partial charge is 0.146 e. The Labute approximate surface area is 117 Å². The van der Waals surface area contributed by atoms with E-state index in [0.29, 0.717) is 11.3 Å². The second kappa shape index (κ2) is 5.67. The first-order valence-electron chi connectivity index (χ1n) is 5.20. The molecule has 94 valence electrons. The maximum Gasteiger partial charge on any atom is 0.146 e. The Balaban J connectivity index is 2.16. The third kappa shape index (κ3) is 3.00. The minimum Gasteiger partial charge on any atom is -0.378 e. The highest BCUT2D eigenvalue weighted by molar-refractivity contribution is 9.10. The van der Waals surface area contributed by atoms with Crippen LogP contribution >= 0.6 is 27.5 Å². The van der Waals surface area contributed by atoms with Crippen molar-refractivity contribution in [2.24, 2.45) is 0 Å². The average molecular weight is 333 g/mol. The molecule has 0 bridgehead atoms. The summed E-state index contributed by atoms with van der Waals surface area (Å²) in [6.45, 7) is 0.166. The first-order chi connectivity index (χ1) is 8.58. The molecule has 2 rings (SSSR count). The number of anilines is 1. The fourth-order valence-corrected chi connectivity index (χ4v) is 2.06. The van der Waals surface area contributed by atoms with Crippen molar-refractivity contribution in [1.82, 2.24) is 0 Å². The molecule has 18 heavy (non-hydrogen) atoms. The van der Waals surface area contributed by atoms with Gasteiger partial charge < -0.3 is 5.32 Å². The molecule has 0 heterocycles. The molecule has 2 aromatic rings. The normalized spacial score (nSPS) is 10.4. The summed E-state index contributed by atoms with van der Waals surface area (Å²) in [6.07, 6.45) is 0. The third-order valence-electron chi connectivity index (χ3n) is 2.43. The fourth-order valence-electron chi connectivity index (χ4n) is 1.51. The van der Waals surface area contributed by atoms with Crippen molar-refractivity contribution in [2.45, 2.75) is 6.54 Å². The molecule has 0 saturated heterocycles. The van der Waals surface area contributed by atoms with E-state index < -0.39 is 5.82 Å². The molecule has 0 unspecified atom stereocenters. The maximum atomic E-state index is 13.6. The van der Waals surface area contributed by atoms with Crippen LogP contribution in [0.2, 0.25) is 5.02 Å². The average Bonchev–Trinajstić information content (AvgIpc) is 2.35. The molecule has 0 aliphatic carbocycles. The van der Waals surface area contributed by atoms with Gasteiger partial charge in [0.05, 0.1) is 10.7 Å². The Morgan fingerprint density at radius 2 is 1.94 bits per heavy atom. The molecule has 0 amide bonds. The van der Waals surface area contributed by atoms with E-state index in [0.717, 1.165) is 4.47 Å². The zero-order valence-corrected chi connectivity index (χ0v) is 11.5. The van der Waals surface area contributed by atoms with Crippen LogP contribution in [0.4, 0.5) is 14.5 Å². The minimum atomic E-state index is -0.484. The summed E-state index contributed by atoms with van der Waals surface area (Å²) in [5, 5.41) is 2.89. The summed E-state index contributed by atoms with van der Waals surface area (Å²) < 4.78 is 27.8. The number of halogens is 4. The van der Waals surface area contributed by atoms with E-state index in [1.165, 1.54) is 12.1 Å². The lowest BCUT2D eigenvalue weighted by Crippen LogP contribution is -2.03. The molecule has 0 aliphatic heterocycles. The molecule has 0 aromatic heterocycles. The summed E-state index contributed by atoms with van der Waals surface area (Å²) in [6, 6.07) is 9.25. The number of benzene rings is 2. The zero-order valence-electron chi connectivity index (χ0n) is 9.18. The zero-order chi connectivity index (χ0) is 13.1. The van der Waals surface area contributed by atoms with E-state index in [9.17, 15) is 8.78 Å². The van der Waals surface area contributed by atoms with Crippen LogP contribution in [0.15, 0.2) is 40.9 Å². The minimum absolute atomic E-state index is 0.0593. The quantitative estimate of drug-likeness (QED) is 0.834. The second-order valence-corrected chi connectivity index (χ2v) is 5.01. The van der Waals surface area contributed by atoms with E-state index in [4.69, 9.17) is 11.6 Å². The van der Waals surface area contributed by atoms with Gasteiger partial charge in [0, 0.05) is 16.6 Å². The molecular weight excluding hydrogens is 324 g/mol. The van der Waals surface area contributed by atoms with Crippen molar-refractivity contribution < 1.29 is 8.78 Å². The van der Waals surface area contributed by atoms with Crippen LogP contribution in [-0.4, -0.2) is 0 Å². The molecule has 5 heteroatoms. The Morgan fingerprint density at radius 3 is 2.72 bits per heavy atom. The Kier molecular flexibility index (Phi) is 4.19. The van der Waals surface area contributed by atoms with Crippen LogP contribution in [0.25, 0.3) is 0 Å². The van der Waals surface area contributed by atoms with Gasteiger partial charge in [-0.3, -0.25) is 0 Å². The van der Waals surface area contributed by atoms with Gasteiger partial charge >= 0.3 is 0 Å². The molecule has 0 atom stereocenters. The molecule has 0 spiro atoms. The topological polar surface area (TPSA) is 12.0 Å². The van der Waals surface area contributed by atoms with Gasteiger partial charge in [-0.05, 0) is 24.3 Å². The molecule has 2 aromatic carbocycles. The number of hydrogen-bond acceptors (Lipinski definition) is 1. The summed E-state index contributed by atoms with van der Waals surface area (Å²) >= 11 is 8.91.